The first-order valence-electron chi connectivity index (χ1n) is 16.6. The lowest BCUT2D eigenvalue weighted by Crippen LogP contribution is -1.91. The molecule has 224 valence electrons. The molecule has 0 heterocycles. The average Bonchev–Trinajstić information content (AvgIpc) is 3.17. The summed E-state index contributed by atoms with van der Waals surface area (Å²) in [5.74, 6) is 0. The molecule has 0 saturated carbocycles. The topological polar surface area (TPSA) is 0 Å². The molecule has 0 saturated heterocycles. The van der Waals surface area contributed by atoms with Crippen LogP contribution in [0.15, 0.2) is 194 Å². The van der Waals surface area contributed by atoms with Crippen molar-refractivity contribution in [2.75, 3.05) is 0 Å². The summed E-state index contributed by atoms with van der Waals surface area (Å²) in [5, 5.41) is 7.60. The number of benzene rings is 9. The Bertz CT molecular complexity index is 2520. The highest BCUT2D eigenvalue weighted by Crippen LogP contribution is 2.44. The van der Waals surface area contributed by atoms with E-state index >= 15 is 0 Å². The highest BCUT2D eigenvalue weighted by Gasteiger charge is 2.17. The summed E-state index contributed by atoms with van der Waals surface area (Å²) in [6.07, 6.45) is 0. The number of rotatable bonds is 5. The van der Waals surface area contributed by atoms with E-state index in [0.29, 0.717) is 0 Å². The van der Waals surface area contributed by atoms with Gasteiger partial charge in [0.1, 0.15) is 0 Å². The van der Waals surface area contributed by atoms with Crippen LogP contribution in [0.3, 0.4) is 0 Å². The van der Waals surface area contributed by atoms with E-state index in [4.69, 9.17) is 0 Å². The molecule has 0 spiro atoms. The van der Waals surface area contributed by atoms with Crippen molar-refractivity contribution in [3.63, 3.8) is 0 Å². The molecule has 9 aromatic rings. The van der Waals surface area contributed by atoms with E-state index in [1.807, 2.05) is 0 Å². The van der Waals surface area contributed by atoms with Crippen LogP contribution in [0.5, 0.6) is 0 Å². The Balaban J connectivity index is 1.14. The average molecular weight is 609 g/mol. The Morgan fingerprint density at radius 1 is 0.188 bits per heavy atom. The van der Waals surface area contributed by atoms with E-state index < -0.39 is 0 Å². The number of fused-ring (bicyclic) bond motifs is 3. The fourth-order valence-corrected chi connectivity index (χ4v) is 7.29. The van der Waals surface area contributed by atoms with E-state index in [1.54, 1.807) is 0 Å². The first-order valence-corrected chi connectivity index (χ1v) is 16.6. The summed E-state index contributed by atoms with van der Waals surface area (Å²) >= 11 is 0. The predicted molar refractivity (Wildman–Crippen MR) is 206 cm³/mol. The molecule has 0 N–H and O–H groups in total. The molecule has 0 aliphatic rings. The summed E-state index contributed by atoms with van der Waals surface area (Å²) < 4.78 is 0. The molecule has 0 aromatic heterocycles. The lowest BCUT2D eigenvalue weighted by molar-refractivity contribution is 1.58. The summed E-state index contributed by atoms with van der Waals surface area (Å²) in [4.78, 5) is 0. The molecule has 0 aliphatic heterocycles. The molecule has 0 nitrogen and oxygen atoms in total. The smallest absolute Gasteiger partial charge is 0.00264 e. The maximum atomic E-state index is 2.29. The van der Waals surface area contributed by atoms with Gasteiger partial charge in [-0.2, -0.15) is 0 Å². The predicted octanol–water partition coefficient (Wildman–Crippen LogP) is 13.5. The van der Waals surface area contributed by atoms with Crippen molar-refractivity contribution < 1.29 is 0 Å². The van der Waals surface area contributed by atoms with Crippen molar-refractivity contribution in [1.29, 1.82) is 0 Å². The van der Waals surface area contributed by atoms with Crippen LogP contribution in [-0.2, 0) is 0 Å². The second kappa shape index (κ2) is 11.8. The second-order valence-electron chi connectivity index (χ2n) is 12.5. The van der Waals surface area contributed by atoms with Gasteiger partial charge in [0.15, 0.2) is 0 Å². The zero-order valence-corrected chi connectivity index (χ0v) is 26.5. The molecule has 0 radical (unpaired) electrons. The summed E-state index contributed by atoms with van der Waals surface area (Å²) in [5.41, 5.74) is 12.4. The lowest BCUT2D eigenvalue weighted by atomic mass is 9.85. The minimum absolute atomic E-state index is 1.22. The fraction of sp³-hybridized carbons (Fsp3) is 0. The number of hydrogen-bond acceptors (Lipinski definition) is 0. The maximum absolute atomic E-state index is 2.29. The monoisotopic (exact) mass is 608 g/mol. The van der Waals surface area contributed by atoms with Crippen molar-refractivity contribution in [2.45, 2.75) is 0 Å². The van der Waals surface area contributed by atoms with Gasteiger partial charge in [-0.15, -0.1) is 0 Å². The van der Waals surface area contributed by atoms with Gasteiger partial charge in [-0.1, -0.05) is 182 Å². The van der Waals surface area contributed by atoms with Crippen molar-refractivity contribution in [3.8, 4) is 55.6 Å². The Kier molecular flexibility index (Phi) is 6.91. The molecule has 0 heteroatoms. The quantitative estimate of drug-likeness (QED) is 0.171. The highest BCUT2D eigenvalue weighted by atomic mass is 14.2. The summed E-state index contributed by atoms with van der Waals surface area (Å²) in [7, 11) is 0. The van der Waals surface area contributed by atoms with Gasteiger partial charge in [0.25, 0.3) is 0 Å². The minimum atomic E-state index is 1.22. The van der Waals surface area contributed by atoms with Gasteiger partial charge in [-0.05, 0) is 100 Å². The van der Waals surface area contributed by atoms with E-state index in [-0.39, 0.29) is 0 Å². The van der Waals surface area contributed by atoms with Gasteiger partial charge in [0.2, 0.25) is 0 Å². The Morgan fingerprint density at radius 2 is 0.542 bits per heavy atom. The normalized spacial score (nSPS) is 11.3. The number of hydrogen-bond donors (Lipinski definition) is 0. The standard InChI is InChI=1S/C48H32/c1-2-11-33(12-3-1)40-15-10-16-41(31-40)35-21-26-37(27-22-35)47-43-17-6-8-19-45(43)48(46-20-9-7-18-44(46)47)38-28-23-36(24-29-38)42-30-25-34-13-4-5-14-39(34)32-42/h1-32H. The zero-order valence-electron chi connectivity index (χ0n) is 26.5. The van der Waals surface area contributed by atoms with Gasteiger partial charge in [0, 0.05) is 0 Å². The van der Waals surface area contributed by atoms with Crippen LogP contribution in [0.4, 0.5) is 0 Å². The maximum Gasteiger partial charge on any atom is -0.00264 e. The van der Waals surface area contributed by atoms with E-state index in [1.165, 1.54) is 88.0 Å². The largest absolute Gasteiger partial charge is 0.0622 e. The van der Waals surface area contributed by atoms with Crippen LogP contribution in [0.25, 0.3) is 88.0 Å². The van der Waals surface area contributed by atoms with Crippen molar-refractivity contribution in [2.24, 2.45) is 0 Å². The molecular weight excluding hydrogens is 577 g/mol. The van der Waals surface area contributed by atoms with E-state index in [0.717, 1.165) is 0 Å². The minimum Gasteiger partial charge on any atom is -0.0622 e. The zero-order chi connectivity index (χ0) is 31.9. The molecule has 0 aliphatic carbocycles. The molecule has 0 atom stereocenters. The Labute approximate surface area is 281 Å². The van der Waals surface area contributed by atoms with Crippen molar-refractivity contribution in [1.82, 2.24) is 0 Å². The molecular formula is C48H32. The van der Waals surface area contributed by atoms with Gasteiger partial charge in [-0.25, -0.2) is 0 Å². The van der Waals surface area contributed by atoms with Crippen LogP contribution in [0, 0.1) is 0 Å². The van der Waals surface area contributed by atoms with Crippen LogP contribution < -0.4 is 0 Å². The summed E-state index contributed by atoms with van der Waals surface area (Å²) in [6, 6.07) is 70.7. The highest BCUT2D eigenvalue weighted by molar-refractivity contribution is 6.21. The van der Waals surface area contributed by atoms with Crippen LogP contribution in [0.1, 0.15) is 0 Å². The van der Waals surface area contributed by atoms with Gasteiger partial charge < -0.3 is 0 Å². The van der Waals surface area contributed by atoms with Crippen LogP contribution in [0.2, 0.25) is 0 Å². The first kappa shape index (κ1) is 28.0. The molecule has 0 amide bonds. The molecule has 0 bridgehead atoms. The van der Waals surface area contributed by atoms with Gasteiger partial charge in [0.05, 0.1) is 0 Å². The SMILES string of the molecule is c1ccc(-c2cccc(-c3ccc(-c4c5ccccc5c(-c5ccc(-c6ccc7ccccc7c6)cc5)c5ccccc45)cc3)c2)cc1. The van der Waals surface area contributed by atoms with E-state index in [2.05, 4.69) is 194 Å². The fourth-order valence-electron chi connectivity index (χ4n) is 7.29. The second-order valence-corrected chi connectivity index (χ2v) is 12.5. The first-order chi connectivity index (χ1) is 23.8. The molecule has 0 unspecified atom stereocenters. The Hall–Kier alpha value is -6.24. The van der Waals surface area contributed by atoms with Crippen LogP contribution >= 0.6 is 0 Å². The van der Waals surface area contributed by atoms with Gasteiger partial charge in [-0.3, -0.25) is 0 Å². The summed E-state index contributed by atoms with van der Waals surface area (Å²) in [6.45, 7) is 0. The third kappa shape index (κ3) is 4.96. The molecule has 9 aromatic carbocycles. The third-order valence-electron chi connectivity index (χ3n) is 9.66. The molecule has 9 rings (SSSR count). The Morgan fingerprint density at radius 3 is 1.06 bits per heavy atom. The van der Waals surface area contributed by atoms with Crippen molar-refractivity contribution in [3.05, 3.63) is 194 Å². The van der Waals surface area contributed by atoms with Gasteiger partial charge >= 0.3 is 0 Å². The lowest BCUT2D eigenvalue weighted by Gasteiger charge is -2.18. The van der Waals surface area contributed by atoms with Crippen molar-refractivity contribution >= 4 is 32.3 Å². The van der Waals surface area contributed by atoms with Crippen LogP contribution in [-0.4, -0.2) is 0 Å². The molecule has 48 heavy (non-hydrogen) atoms. The third-order valence-corrected chi connectivity index (χ3v) is 9.66. The van der Waals surface area contributed by atoms with E-state index in [9.17, 15) is 0 Å². The molecule has 0 fully saturated rings.